The molecule has 3 aromatic rings. The summed E-state index contributed by atoms with van der Waals surface area (Å²) in [6.45, 7) is 4.95. The quantitative estimate of drug-likeness (QED) is 0.309. The Morgan fingerprint density at radius 1 is 0.974 bits per heavy atom. The van der Waals surface area contributed by atoms with Crippen molar-refractivity contribution in [2.24, 2.45) is 5.92 Å². The lowest BCUT2D eigenvalue weighted by molar-refractivity contribution is -0.0678. The van der Waals surface area contributed by atoms with E-state index in [4.69, 9.17) is 10.5 Å². The van der Waals surface area contributed by atoms with Gasteiger partial charge >= 0.3 is 0 Å². The maximum absolute atomic E-state index is 10.9. The topological polar surface area (TPSA) is 120 Å². The molecule has 0 radical (unpaired) electrons. The Hall–Kier alpha value is -3.24. The minimum atomic E-state index is -0.534. The molecule has 2 unspecified atom stereocenters. The third kappa shape index (κ3) is 7.24. The van der Waals surface area contributed by atoms with E-state index in [-0.39, 0.29) is 5.92 Å². The summed E-state index contributed by atoms with van der Waals surface area (Å²) in [6, 6.07) is 17.3. The summed E-state index contributed by atoms with van der Waals surface area (Å²) in [5, 5.41) is 25.1. The Morgan fingerprint density at radius 3 is 2.46 bits per heavy atom. The number of para-hydroxylation sites is 1. The van der Waals surface area contributed by atoms with Crippen LogP contribution in [0.5, 0.6) is 11.5 Å². The van der Waals surface area contributed by atoms with Gasteiger partial charge in [0.25, 0.3) is 0 Å². The summed E-state index contributed by atoms with van der Waals surface area (Å²) in [6.07, 6.45) is 5.72. The summed E-state index contributed by atoms with van der Waals surface area (Å²) in [5.41, 5.74) is 7.88. The van der Waals surface area contributed by atoms with E-state index < -0.39 is 12.3 Å². The van der Waals surface area contributed by atoms with Crippen LogP contribution in [-0.4, -0.2) is 81.6 Å². The molecule has 0 amide bonds. The van der Waals surface area contributed by atoms with Gasteiger partial charge in [0, 0.05) is 32.1 Å². The molecule has 208 valence electrons. The van der Waals surface area contributed by atoms with Gasteiger partial charge in [-0.15, -0.1) is 0 Å². The number of nitrogens with one attached hydrogen (secondary N) is 1. The molecule has 2 aliphatic rings. The van der Waals surface area contributed by atoms with Gasteiger partial charge in [0.15, 0.2) is 0 Å². The Morgan fingerprint density at radius 2 is 1.72 bits per heavy atom. The molecular formula is C30H40N6O3. The Labute approximate surface area is 230 Å². The monoisotopic (exact) mass is 532 g/mol. The zero-order chi connectivity index (χ0) is 27.0. The van der Waals surface area contributed by atoms with E-state index >= 15 is 0 Å². The molecule has 0 bridgehead atoms. The third-order valence-corrected chi connectivity index (χ3v) is 7.86. The maximum atomic E-state index is 10.9. The van der Waals surface area contributed by atoms with E-state index in [1.54, 1.807) is 0 Å². The highest BCUT2D eigenvalue weighted by Gasteiger charge is 2.31. The van der Waals surface area contributed by atoms with Gasteiger partial charge in [-0.05, 0) is 68.6 Å². The predicted octanol–water partition coefficient (Wildman–Crippen LogP) is 3.81. The van der Waals surface area contributed by atoms with Crippen LogP contribution in [0.1, 0.15) is 32.1 Å². The van der Waals surface area contributed by atoms with Crippen LogP contribution in [0.15, 0.2) is 60.9 Å². The highest BCUT2D eigenvalue weighted by atomic mass is 16.5. The van der Waals surface area contributed by atoms with Crippen molar-refractivity contribution in [3.8, 4) is 22.6 Å². The first-order valence-corrected chi connectivity index (χ1v) is 14.1. The number of aromatic nitrogens is 2. The van der Waals surface area contributed by atoms with Crippen LogP contribution in [0.2, 0.25) is 0 Å². The molecule has 2 fully saturated rings. The minimum absolute atomic E-state index is 0.0428. The van der Waals surface area contributed by atoms with Crippen molar-refractivity contribution in [2.75, 3.05) is 50.3 Å². The number of nitrogens with zero attached hydrogens (tertiary/aromatic N) is 4. The number of β-amino-alcohol motifs (C(OH)–C–C–N with tert-alkyl or cyclic N) is 1. The van der Waals surface area contributed by atoms with E-state index in [2.05, 4.69) is 20.2 Å². The van der Waals surface area contributed by atoms with E-state index in [1.807, 2.05) is 59.5 Å². The van der Waals surface area contributed by atoms with E-state index in [9.17, 15) is 10.2 Å². The second kappa shape index (κ2) is 13.2. The van der Waals surface area contributed by atoms with Crippen LogP contribution < -0.4 is 15.8 Å². The van der Waals surface area contributed by atoms with E-state index in [0.29, 0.717) is 31.1 Å². The highest BCUT2D eigenvalue weighted by molar-refractivity contribution is 5.83. The number of aliphatic hydroxyl groups excluding tert-OH is 2. The molecule has 3 heterocycles. The number of nitrogen functional groups attached to an aromatic ring is 1. The summed E-state index contributed by atoms with van der Waals surface area (Å²) in [4.78, 5) is 13.1. The number of aliphatic hydroxyl groups is 2. The van der Waals surface area contributed by atoms with E-state index in [1.165, 1.54) is 25.6 Å². The molecule has 39 heavy (non-hydrogen) atoms. The number of rotatable bonds is 10. The fraction of sp³-hybridized carbons (Fsp3) is 0.467. The highest BCUT2D eigenvalue weighted by Crippen LogP contribution is 2.33. The van der Waals surface area contributed by atoms with E-state index in [0.717, 1.165) is 55.2 Å². The fourth-order valence-corrected chi connectivity index (χ4v) is 5.54. The normalized spacial score (nSPS) is 21.4. The number of piperidine rings is 2. The number of likely N-dealkylation sites (tertiary alicyclic amines) is 2. The second-order valence-electron chi connectivity index (χ2n) is 10.6. The summed E-state index contributed by atoms with van der Waals surface area (Å²) < 4.78 is 5.91. The van der Waals surface area contributed by atoms with Crippen molar-refractivity contribution < 1.29 is 14.9 Å². The van der Waals surface area contributed by atoms with Gasteiger partial charge in [-0.1, -0.05) is 36.8 Å². The largest absolute Gasteiger partial charge is 0.457 e. The van der Waals surface area contributed by atoms with Gasteiger partial charge in [0.1, 0.15) is 35.7 Å². The maximum Gasteiger partial charge on any atom is 0.139 e. The second-order valence-corrected chi connectivity index (χ2v) is 10.6. The molecule has 0 saturated carbocycles. The number of benzene rings is 2. The van der Waals surface area contributed by atoms with Crippen LogP contribution in [0.25, 0.3) is 11.1 Å². The number of hydrogen-bond donors (Lipinski definition) is 4. The average Bonchev–Trinajstić information content (AvgIpc) is 2.97. The molecule has 3 atom stereocenters. The van der Waals surface area contributed by atoms with Gasteiger partial charge in [0.05, 0.1) is 11.7 Å². The Bertz CT molecular complexity index is 1170. The third-order valence-electron chi connectivity index (χ3n) is 7.86. The molecule has 0 aliphatic carbocycles. The van der Waals surface area contributed by atoms with Crippen LogP contribution in [0, 0.1) is 5.92 Å². The summed E-state index contributed by atoms with van der Waals surface area (Å²) in [5.74, 6) is 2.56. The molecule has 5 N–H and O–H groups in total. The minimum Gasteiger partial charge on any atom is -0.457 e. The fourth-order valence-electron chi connectivity index (χ4n) is 5.54. The molecule has 9 heteroatoms. The summed E-state index contributed by atoms with van der Waals surface area (Å²) >= 11 is 0. The summed E-state index contributed by atoms with van der Waals surface area (Å²) in [7, 11) is 0. The van der Waals surface area contributed by atoms with Gasteiger partial charge in [-0.3, -0.25) is 4.90 Å². The predicted molar refractivity (Wildman–Crippen MR) is 153 cm³/mol. The van der Waals surface area contributed by atoms with Gasteiger partial charge < -0.3 is 30.9 Å². The molecular weight excluding hydrogens is 492 g/mol. The zero-order valence-electron chi connectivity index (χ0n) is 22.5. The first-order chi connectivity index (χ1) is 19.1. The first kappa shape index (κ1) is 27.3. The van der Waals surface area contributed by atoms with Gasteiger partial charge in [-0.2, -0.15) is 0 Å². The van der Waals surface area contributed by atoms with Crippen molar-refractivity contribution in [2.45, 2.75) is 44.4 Å². The van der Waals surface area contributed by atoms with Crippen molar-refractivity contribution in [1.29, 1.82) is 0 Å². The Kier molecular flexibility index (Phi) is 9.26. The molecule has 2 saturated heterocycles. The SMILES string of the molecule is Nc1ncnc(NC[C@@H]2CCN(C(O)CCN3CCCCC3)CC2O)c1-c1ccc(Oc2ccccc2)cc1. The van der Waals surface area contributed by atoms with Gasteiger partial charge in [-0.25, -0.2) is 9.97 Å². The lowest BCUT2D eigenvalue weighted by Crippen LogP contribution is -2.50. The number of hydrogen-bond acceptors (Lipinski definition) is 9. The van der Waals surface area contributed by atoms with Crippen molar-refractivity contribution >= 4 is 11.6 Å². The lowest BCUT2D eigenvalue weighted by Gasteiger charge is -2.39. The van der Waals surface area contributed by atoms with Crippen molar-refractivity contribution in [1.82, 2.24) is 19.8 Å². The molecule has 2 aromatic carbocycles. The smallest absolute Gasteiger partial charge is 0.139 e. The molecule has 9 nitrogen and oxygen atoms in total. The molecule has 0 spiro atoms. The molecule has 2 aliphatic heterocycles. The first-order valence-electron chi connectivity index (χ1n) is 14.1. The van der Waals surface area contributed by atoms with Crippen LogP contribution >= 0.6 is 0 Å². The number of ether oxygens (including phenoxy) is 1. The standard InChI is InChI=1S/C30H40N6O3/c31-29-28(22-9-11-25(12-10-22)39-24-7-3-1-4-8-24)30(34-21-33-29)32-19-23-13-18-36(20-26(23)37)27(38)14-17-35-15-5-2-6-16-35/h1,3-4,7-12,21,23,26-27,37-38H,2,5-6,13-20H2,(H3,31,32,33,34)/t23-,26?,27?/m0/s1. The van der Waals surface area contributed by atoms with Crippen LogP contribution in [-0.2, 0) is 0 Å². The zero-order valence-corrected chi connectivity index (χ0v) is 22.5. The van der Waals surface area contributed by atoms with Crippen LogP contribution in [0.3, 0.4) is 0 Å². The average molecular weight is 533 g/mol. The van der Waals surface area contributed by atoms with Crippen molar-refractivity contribution in [3.63, 3.8) is 0 Å². The Balaban J connectivity index is 1.16. The molecule has 1 aromatic heterocycles. The molecule has 5 rings (SSSR count). The number of nitrogens with two attached hydrogens (primary N) is 1. The number of anilines is 2. The lowest BCUT2D eigenvalue weighted by atomic mass is 9.93. The van der Waals surface area contributed by atoms with Crippen LogP contribution in [0.4, 0.5) is 11.6 Å². The van der Waals surface area contributed by atoms with Gasteiger partial charge in [0.2, 0.25) is 0 Å². The van der Waals surface area contributed by atoms with Crippen molar-refractivity contribution in [3.05, 3.63) is 60.9 Å².